The molecule has 0 spiro atoms. The molecule has 0 saturated heterocycles. The van der Waals surface area contributed by atoms with Crippen molar-refractivity contribution in [2.75, 3.05) is 0 Å². The molecule has 0 saturated carbocycles. The van der Waals surface area contributed by atoms with Crippen LogP contribution in [0.1, 0.15) is 33.3 Å². The van der Waals surface area contributed by atoms with Crippen molar-refractivity contribution in [2.24, 2.45) is 5.92 Å². The summed E-state index contributed by atoms with van der Waals surface area (Å²) in [6.45, 7) is 7.58. The third-order valence-corrected chi connectivity index (χ3v) is 4.52. The maximum Gasteiger partial charge on any atom is 0.0877 e. The Bertz CT molecular complexity index is 850. The van der Waals surface area contributed by atoms with Gasteiger partial charge in [-0.05, 0) is 42.5 Å². The molecule has 1 aromatic carbocycles. The largest absolute Gasteiger partial charge is 0.513 e. The fraction of sp³-hybridized carbons (Fsp3) is 0.318. The van der Waals surface area contributed by atoms with Gasteiger partial charge in [-0.1, -0.05) is 32.3 Å². The first-order chi connectivity index (χ1) is 12.4. The van der Waals surface area contributed by atoms with Crippen LogP contribution in [-0.4, -0.2) is 21.3 Å². The fourth-order valence-corrected chi connectivity index (χ4v) is 3.44. The molecule has 0 aliphatic rings. The molecule has 0 bridgehead atoms. The Balaban J connectivity index is 0.000000395. The minimum Gasteiger partial charge on any atom is -0.513 e. The number of pyridine rings is 1. The molecule has 0 amide bonds. The Morgan fingerprint density at radius 1 is 1.22 bits per heavy atom. The predicted octanol–water partition coefficient (Wildman–Crippen LogP) is 5.79. The normalized spacial score (nSPS) is 12.3. The van der Waals surface area contributed by atoms with Gasteiger partial charge in [0.1, 0.15) is 0 Å². The van der Waals surface area contributed by atoms with Crippen LogP contribution in [0.2, 0.25) is 0 Å². The number of aliphatic hydroxyl groups excluding tert-OH is 2. The number of hydrogen-bond acceptors (Lipinski definition) is 4. The molecule has 27 heavy (non-hydrogen) atoms. The first-order valence-electron chi connectivity index (χ1n) is 8.75. The second-order valence-electron chi connectivity index (χ2n) is 6.75. The molecule has 147 valence electrons. The summed E-state index contributed by atoms with van der Waals surface area (Å²) in [6, 6.07) is 14.0. The SMILES string of the molecule is C/C(O)=C/C(C)O.CC(C)Cc1c[c-]c(-c2nccc3sccc23)cc1.[Ir]. The van der Waals surface area contributed by atoms with Crippen LogP contribution >= 0.6 is 11.3 Å². The number of benzene rings is 1. The number of nitrogens with zero attached hydrogens (tertiary/aromatic N) is 1. The summed E-state index contributed by atoms with van der Waals surface area (Å²) in [5.74, 6) is 0.840. The van der Waals surface area contributed by atoms with Crippen molar-refractivity contribution in [1.29, 1.82) is 0 Å². The molecule has 3 rings (SSSR count). The van der Waals surface area contributed by atoms with Crippen molar-refractivity contribution in [3.63, 3.8) is 0 Å². The van der Waals surface area contributed by atoms with Crippen LogP contribution in [0.3, 0.4) is 0 Å². The number of allylic oxidation sites excluding steroid dienone is 1. The van der Waals surface area contributed by atoms with Gasteiger partial charge in [0.05, 0.1) is 11.9 Å². The molecule has 3 aromatic rings. The number of aliphatic hydroxyl groups is 2. The van der Waals surface area contributed by atoms with E-state index in [1.807, 2.05) is 6.20 Å². The van der Waals surface area contributed by atoms with Crippen molar-refractivity contribution in [2.45, 2.75) is 40.2 Å². The zero-order chi connectivity index (χ0) is 19.1. The summed E-state index contributed by atoms with van der Waals surface area (Å²) >= 11 is 1.75. The summed E-state index contributed by atoms with van der Waals surface area (Å²) < 4.78 is 1.28. The van der Waals surface area contributed by atoms with Crippen LogP contribution in [0, 0.1) is 12.0 Å². The number of fused-ring (bicyclic) bond motifs is 1. The molecule has 2 N–H and O–H groups in total. The number of rotatable bonds is 4. The van der Waals surface area contributed by atoms with Gasteiger partial charge in [-0.2, -0.15) is 0 Å². The average molecular weight is 561 g/mol. The first kappa shape index (κ1) is 23.5. The Labute approximate surface area is 179 Å². The molecular formula is C22H26IrNO2S-. The molecule has 3 nitrogen and oxygen atoms in total. The summed E-state index contributed by atoms with van der Waals surface area (Å²) in [5.41, 5.74) is 3.46. The Kier molecular flexibility index (Phi) is 9.89. The van der Waals surface area contributed by atoms with E-state index in [9.17, 15) is 0 Å². The monoisotopic (exact) mass is 561 g/mol. The minimum absolute atomic E-state index is 0. The smallest absolute Gasteiger partial charge is 0.0877 e. The van der Waals surface area contributed by atoms with Gasteiger partial charge in [0.2, 0.25) is 0 Å². The van der Waals surface area contributed by atoms with Gasteiger partial charge in [-0.15, -0.1) is 46.7 Å². The van der Waals surface area contributed by atoms with E-state index in [1.165, 1.54) is 28.6 Å². The fourth-order valence-electron chi connectivity index (χ4n) is 2.66. The van der Waals surface area contributed by atoms with Crippen molar-refractivity contribution >= 4 is 21.4 Å². The van der Waals surface area contributed by atoms with Gasteiger partial charge in [0, 0.05) is 31.0 Å². The van der Waals surface area contributed by atoms with Crippen LogP contribution in [0.5, 0.6) is 0 Å². The second-order valence-corrected chi connectivity index (χ2v) is 7.70. The molecule has 1 atom stereocenters. The molecular weight excluding hydrogens is 535 g/mol. The summed E-state index contributed by atoms with van der Waals surface area (Å²) in [4.78, 5) is 4.52. The van der Waals surface area contributed by atoms with E-state index in [4.69, 9.17) is 10.2 Å². The van der Waals surface area contributed by atoms with Crippen molar-refractivity contribution < 1.29 is 30.3 Å². The van der Waals surface area contributed by atoms with E-state index < -0.39 is 6.10 Å². The van der Waals surface area contributed by atoms with Crippen molar-refractivity contribution in [3.05, 3.63) is 65.4 Å². The van der Waals surface area contributed by atoms with E-state index in [-0.39, 0.29) is 25.9 Å². The third kappa shape index (κ3) is 7.55. The molecule has 1 radical (unpaired) electrons. The van der Waals surface area contributed by atoms with Gasteiger partial charge in [-0.3, -0.25) is 0 Å². The predicted molar refractivity (Wildman–Crippen MR) is 111 cm³/mol. The summed E-state index contributed by atoms with van der Waals surface area (Å²) in [6.07, 6.45) is 3.81. The van der Waals surface area contributed by atoms with E-state index in [0.717, 1.165) is 17.7 Å². The minimum atomic E-state index is -0.537. The van der Waals surface area contributed by atoms with Gasteiger partial charge in [-0.25, -0.2) is 0 Å². The summed E-state index contributed by atoms with van der Waals surface area (Å²) in [7, 11) is 0. The van der Waals surface area contributed by atoms with E-state index >= 15 is 0 Å². The van der Waals surface area contributed by atoms with E-state index in [2.05, 4.69) is 60.6 Å². The zero-order valence-corrected chi connectivity index (χ0v) is 19.3. The molecule has 0 aliphatic carbocycles. The molecule has 0 aliphatic heterocycles. The molecule has 2 aromatic heterocycles. The van der Waals surface area contributed by atoms with Crippen LogP contribution in [0.25, 0.3) is 21.3 Å². The third-order valence-electron chi connectivity index (χ3n) is 3.64. The molecule has 0 fully saturated rings. The topological polar surface area (TPSA) is 53.4 Å². The molecule has 1 unspecified atom stereocenters. The number of thiophene rings is 1. The standard InChI is InChI=1S/C17H16NS.C5H10O2.Ir/c1-12(2)11-13-3-5-14(6-4-13)17-15-8-10-19-16(15)7-9-18-17;1-4(6)3-5(2)7;/h3-5,7-10,12H,11H2,1-2H3;3-4,6-7H,1-2H3;/q-1;;/b;5-3-;. The Hall–Kier alpha value is -1.52. The maximum absolute atomic E-state index is 8.49. The molecule has 2 heterocycles. The first-order valence-corrected chi connectivity index (χ1v) is 9.63. The van der Waals surface area contributed by atoms with Crippen LogP contribution in [0.15, 0.2) is 53.7 Å². The van der Waals surface area contributed by atoms with Gasteiger partial charge < -0.3 is 15.2 Å². The molecule has 5 heteroatoms. The van der Waals surface area contributed by atoms with Crippen LogP contribution in [-0.2, 0) is 26.5 Å². The van der Waals surface area contributed by atoms with Gasteiger partial charge in [0.25, 0.3) is 0 Å². The van der Waals surface area contributed by atoms with Crippen molar-refractivity contribution in [3.8, 4) is 11.3 Å². The van der Waals surface area contributed by atoms with Gasteiger partial charge in [0.15, 0.2) is 0 Å². The van der Waals surface area contributed by atoms with Crippen molar-refractivity contribution in [1.82, 2.24) is 4.98 Å². The van der Waals surface area contributed by atoms with Crippen LogP contribution in [0.4, 0.5) is 0 Å². The summed E-state index contributed by atoms with van der Waals surface area (Å²) in [5, 5.41) is 20.2. The number of hydrogen-bond donors (Lipinski definition) is 2. The zero-order valence-electron chi connectivity index (χ0n) is 16.1. The Morgan fingerprint density at radius 2 is 1.96 bits per heavy atom. The van der Waals surface area contributed by atoms with Crippen LogP contribution < -0.4 is 0 Å². The Morgan fingerprint density at radius 3 is 2.48 bits per heavy atom. The van der Waals surface area contributed by atoms with E-state index in [0.29, 0.717) is 5.92 Å². The average Bonchev–Trinajstić information content (AvgIpc) is 3.03. The second kappa shape index (κ2) is 11.4. The number of aromatic nitrogens is 1. The quantitative estimate of drug-likeness (QED) is 0.314. The van der Waals surface area contributed by atoms with Gasteiger partial charge >= 0.3 is 0 Å². The maximum atomic E-state index is 8.49. The van der Waals surface area contributed by atoms with E-state index in [1.54, 1.807) is 18.3 Å².